The lowest BCUT2D eigenvalue weighted by molar-refractivity contribution is -0.116. The van der Waals surface area contributed by atoms with Crippen molar-refractivity contribution < 1.29 is 9.53 Å². The number of rotatable bonds is 3. The van der Waals surface area contributed by atoms with Crippen molar-refractivity contribution in [3.63, 3.8) is 0 Å². The number of carbonyl (C=O) groups is 1. The summed E-state index contributed by atoms with van der Waals surface area (Å²) in [5, 5.41) is 0. The van der Waals surface area contributed by atoms with Crippen LogP contribution in [0.25, 0.3) is 0 Å². The molecule has 0 heterocycles. The van der Waals surface area contributed by atoms with Gasteiger partial charge in [0, 0.05) is 12.5 Å². The summed E-state index contributed by atoms with van der Waals surface area (Å²) in [6, 6.07) is 0. The van der Waals surface area contributed by atoms with E-state index < -0.39 is 0 Å². The van der Waals surface area contributed by atoms with Crippen molar-refractivity contribution in [3.05, 3.63) is 0 Å². The van der Waals surface area contributed by atoms with E-state index in [9.17, 15) is 4.79 Å². The highest BCUT2D eigenvalue weighted by Crippen LogP contribution is 2.63. The highest BCUT2D eigenvalue weighted by molar-refractivity contribution is 5.60. The zero-order valence-electron chi connectivity index (χ0n) is 10.3. The third kappa shape index (κ3) is 1.25. The highest BCUT2D eigenvalue weighted by Gasteiger charge is 2.59. The number of carbonyl (C=O) groups excluding carboxylic acids is 1. The van der Waals surface area contributed by atoms with E-state index in [1.165, 1.54) is 19.1 Å². The van der Waals surface area contributed by atoms with Crippen molar-refractivity contribution in [2.75, 3.05) is 7.11 Å². The second kappa shape index (κ2) is 3.56. The van der Waals surface area contributed by atoms with E-state index in [1.54, 1.807) is 0 Å². The maximum atomic E-state index is 11.3. The summed E-state index contributed by atoms with van der Waals surface area (Å²) in [6.07, 6.45) is 7.69. The zero-order chi connectivity index (χ0) is 11.3. The molecule has 6 atom stereocenters. The third-order valence-electron chi connectivity index (χ3n) is 5.83. The largest absolute Gasteiger partial charge is 0.381 e. The molecule has 0 saturated heterocycles. The third-order valence-corrected chi connectivity index (χ3v) is 5.83. The minimum absolute atomic E-state index is 0.0227. The van der Waals surface area contributed by atoms with Crippen molar-refractivity contribution in [3.8, 4) is 0 Å². The molecule has 0 amide bonds. The van der Waals surface area contributed by atoms with Crippen molar-refractivity contribution in [2.45, 2.75) is 45.1 Å². The van der Waals surface area contributed by atoms with Crippen molar-refractivity contribution in [2.24, 2.45) is 29.1 Å². The number of aldehydes is 1. The van der Waals surface area contributed by atoms with Crippen LogP contribution in [0.3, 0.4) is 0 Å². The van der Waals surface area contributed by atoms with Gasteiger partial charge in [0.25, 0.3) is 0 Å². The molecule has 3 aliphatic rings. The lowest BCUT2D eigenvalue weighted by Crippen LogP contribution is -2.29. The van der Waals surface area contributed by atoms with E-state index >= 15 is 0 Å². The lowest BCUT2D eigenvalue weighted by Gasteiger charge is -2.30. The minimum Gasteiger partial charge on any atom is -0.381 e. The quantitative estimate of drug-likeness (QED) is 0.686. The molecule has 3 rings (SSSR count). The Balaban J connectivity index is 1.81. The standard InChI is InChI=1S/C14H22O2/c1-3-14(8-15)6-11-9-4-10(12(11)7-14)13(5-9)16-2/h8-13H,3-7H2,1-2H3. The fraction of sp³-hybridized carbons (Fsp3) is 0.929. The first-order valence-corrected chi connectivity index (χ1v) is 6.72. The second-order valence-corrected chi connectivity index (χ2v) is 6.24. The van der Waals surface area contributed by atoms with Crippen LogP contribution in [0.1, 0.15) is 39.0 Å². The van der Waals surface area contributed by atoms with E-state index in [2.05, 4.69) is 6.92 Å². The molecule has 16 heavy (non-hydrogen) atoms. The van der Waals surface area contributed by atoms with Crippen LogP contribution in [0.4, 0.5) is 0 Å². The minimum atomic E-state index is 0.0227. The van der Waals surface area contributed by atoms with Gasteiger partial charge < -0.3 is 9.53 Å². The van der Waals surface area contributed by atoms with E-state index in [1.807, 2.05) is 7.11 Å². The monoisotopic (exact) mass is 222 g/mol. The average Bonchev–Trinajstić information content (AvgIpc) is 2.97. The summed E-state index contributed by atoms with van der Waals surface area (Å²) in [4.78, 5) is 11.3. The van der Waals surface area contributed by atoms with Gasteiger partial charge in [0.05, 0.1) is 6.10 Å². The van der Waals surface area contributed by atoms with E-state index in [-0.39, 0.29) is 5.41 Å². The summed E-state index contributed by atoms with van der Waals surface area (Å²) in [5.74, 6) is 3.23. The predicted octanol–water partition coefficient (Wildman–Crippen LogP) is 2.66. The summed E-state index contributed by atoms with van der Waals surface area (Å²) in [7, 11) is 1.85. The van der Waals surface area contributed by atoms with E-state index in [0.717, 1.165) is 42.9 Å². The Kier molecular flexibility index (Phi) is 2.39. The van der Waals surface area contributed by atoms with Gasteiger partial charge in [-0.05, 0) is 55.8 Å². The normalized spacial score (nSPS) is 54.2. The fourth-order valence-corrected chi connectivity index (χ4v) is 4.92. The van der Waals surface area contributed by atoms with Crippen LogP contribution in [-0.4, -0.2) is 19.5 Å². The zero-order valence-corrected chi connectivity index (χ0v) is 10.3. The summed E-state index contributed by atoms with van der Waals surface area (Å²) in [6.45, 7) is 2.17. The first kappa shape index (κ1) is 10.8. The van der Waals surface area contributed by atoms with E-state index in [4.69, 9.17) is 4.74 Å². The van der Waals surface area contributed by atoms with Gasteiger partial charge in [0.1, 0.15) is 6.29 Å². The molecule has 2 nitrogen and oxygen atoms in total. The molecule has 0 aliphatic heterocycles. The Morgan fingerprint density at radius 3 is 2.62 bits per heavy atom. The Hall–Kier alpha value is -0.370. The molecule has 0 radical (unpaired) electrons. The first-order valence-electron chi connectivity index (χ1n) is 6.72. The van der Waals surface area contributed by atoms with E-state index in [0.29, 0.717) is 6.10 Å². The Morgan fingerprint density at radius 1 is 1.25 bits per heavy atom. The van der Waals surface area contributed by atoms with Crippen molar-refractivity contribution >= 4 is 6.29 Å². The molecule has 6 unspecified atom stereocenters. The summed E-state index contributed by atoms with van der Waals surface area (Å²) >= 11 is 0. The molecule has 0 aromatic heterocycles. The molecule has 3 saturated carbocycles. The van der Waals surface area contributed by atoms with Crippen LogP contribution in [0.5, 0.6) is 0 Å². The number of fused-ring (bicyclic) bond motifs is 5. The van der Waals surface area contributed by atoms with Gasteiger partial charge in [0.2, 0.25) is 0 Å². The maximum absolute atomic E-state index is 11.3. The van der Waals surface area contributed by atoms with Gasteiger partial charge in [0.15, 0.2) is 0 Å². The predicted molar refractivity (Wildman–Crippen MR) is 62.0 cm³/mol. The van der Waals surface area contributed by atoms with Crippen molar-refractivity contribution in [1.29, 1.82) is 0 Å². The topological polar surface area (TPSA) is 26.3 Å². The van der Waals surface area contributed by atoms with Crippen LogP contribution in [-0.2, 0) is 9.53 Å². The summed E-state index contributed by atoms with van der Waals surface area (Å²) in [5.41, 5.74) is 0.0227. The van der Waals surface area contributed by atoms with Crippen LogP contribution in [0.2, 0.25) is 0 Å². The Labute approximate surface area is 97.7 Å². The number of ether oxygens (including phenoxy) is 1. The van der Waals surface area contributed by atoms with Gasteiger partial charge in [-0.25, -0.2) is 0 Å². The first-order chi connectivity index (χ1) is 7.73. The second-order valence-electron chi connectivity index (χ2n) is 6.24. The number of hydrogen-bond donors (Lipinski definition) is 0. The molecule has 0 aromatic carbocycles. The van der Waals surface area contributed by atoms with Gasteiger partial charge >= 0.3 is 0 Å². The molecule has 2 heteroatoms. The SMILES string of the molecule is CCC1(C=O)CC2C3CC(OC)C(C3)C2C1. The lowest BCUT2D eigenvalue weighted by atomic mass is 9.80. The molecule has 0 N–H and O–H groups in total. The molecule has 0 spiro atoms. The smallest absolute Gasteiger partial charge is 0.126 e. The molecule has 90 valence electrons. The van der Waals surface area contributed by atoms with Gasteiger partial charge in [-0.3, -0.25) is 0 Å². The molecule has 3 fully saturated rings. The van der Waals surface area contributed by atoms with Crippen molar-refractivity contribution in [1.82, 2.24) is 0 Å². The molecule has 3 aliphatic carbocycles. The Bertz CT molecular complexity index is 299. The Morgan fingerprint density at radius 2 is 2.00 bits per heavy atom. The van der Waals surface area contributed by atoms with Crippen LogP contribution in [0, 0.1) is 29.1 Å². The number of hydrogen-bond acceptors (Lipinski definition) is 2. The van der Waals surface area contributed by atoms with Crippen LogP contribution < -0.4 is 0 Å². The molecule has 2 bridgehead atoms. The van der Waals surface area contributed by atoms with Gasteiger partial charge in [-0.2, -0.15) is 0 Å². The fourth-order valence-electron chi connectivity index (χ4n) is 4.92. The number of methoxy groups -OCH3 is 1. The maximum Gasteiger partial charge on any atom is 0.126 e. The van der Waals surface area contributed by atoms with Gasteiger partial charge in [-0.1, -0.05) is 6.92 Å². The highest BCUT2D eigenvalue weighted by atomic mass is 16.5. The molecular formula is C14H22O2. The average molecular weight is 222 g/mol. The molecular weight excluding hydrogens is 200 g/mol. The van der Waals surface area contributed by atoms with Crippen LogP contribution in [0.15, 0.2) is 0 Å². The summed E-state index contributed by atoms with van der Waals surface area (Å²) < 4.78 is 5.60. The van der Waals surface area contributed by atoms with Gasteiger partial charge in [-0.15, -0.1) is 0 Å². The van der Waals surface area contributed by atoms with Crippen LogP contribution >= 0.6 is 0 Å². The molecule has 0 aromatic rings.